The van der Waals surface area contributed by atoms with Gasteiger partial charge >= 0.3 is 0 Å². The number of phenols is 2. The number of rotatable bonds is 3. The van der Waals surface area contributed by atoms with Crippen molar-refractivity contribution in [3.8, 4) is 17.2 Å². The van der Waals surface area contributed by atoms with E-state index in [0.29, 0.717) is 5.75 Å². The van der Waals surface area contributed by atoms with Crippen molar-refractivity contribution in [2.45, 2.75) is 18.9 Å². The minimum atomic E-state index is 0.132. The van der Waals surface area contributed by atoms with Gasteiger partial charge in [-0.05, 0) is 60.3 Å². The molecule has 0 spiro atoms. The largest absolute Gasteiger partial charge is 0.508 e. The summed E-state index contributed by atoms with van der Waals surface area (Å²) in [6.45, 7) is 0.893. The molecule has 3 N–H and O–H groups in total. The highest BCUT2D eigenvalue weighted by Gasteiger charge is 2.22. The Morgan fingerprint density at radius 1 is 1.24 bits per heavy atom. The van der Waals surface area contributed by atoms with Gasteiger partial charge in [-0.3, -0.25) is 0 Å². The third-order valence-corrected chi connectivity index (χ3v) is 3.95. The molecule has 110 valence electrons. The number of hydrogen-bond donors (Lipinski definition) is 3. The van der Waals surface area contributed by atoms with Gasteiger partial charge in [-0.25, -0.2) is 0 Å². The zero-order valence-electron chi connectivity index (χ0n) is 12.0. The predicted octanol–water partition coefficient (Wildman–Crippen LogP) is 2.54. The van der Waals surface area contributed by atoms with E-state index in [4.69, 9.17) is 4.74 Å². The molecule has 0 aliphatic carbocycles. The molecule has 1 aliphatic heterocycles. The average molecular weight is 285 g/mol. The van der Waals surface area contributed by atoms with Gasteiger partial charge in [0, 0.05) is 6.04 Å². The second-order valence-electron chi connectivity index (χ2n) is 5.35. The fourth-order valence-corrected chi connectivity index (χ4v) is 2.92. The summed E-state index contributed by atoms with van der Waals surface area (Å²) in [5.74, 6) is 0.966. The molecule has 3 rings (SSSR count). The zero-order valence-corrected chi connectivity index (χ0v) is 12.0. The van der Waals surface area contributed by atoms with Crippen molar-refractivity contribution >= 4 is 0 Å². The van der Waals surface area contributed by atoms with Crippen LogP contribution in [0.5, 0.6) is 17.2 Å². The standard InChI is InChI=1S/C17H19NO3/c1-21-17-9-12-5-6-18-15(14(12)10-16(17)20)8-11-3-2-4-13(19)7-11/h2-4,7,9-10,15,18-20H,5-6,8H2,1H3. The molecule has 21 heavy (non-hydrogen) atoms. The molecule has 1 aliphatic rings. The molecule has 2 aromatic carbocycles. The van der Waals surface area contributed by atoms with Crippen LogP contribution < -0.4 is 10.1 Å². The summed E-state index contributed by atoms with van der Waals surface area (Å²) in [5.41, 5.74) is 3.37. The molecule has 1 atom stereocenters. The summed E-state index contributed by atoms with van der Waals surface area (Å²) in [6, 6.07) is 11.1. The highest BCUT2D eigenvalue weighted by molar-refractivity contribution is 5.49. The number of fused-ring (bicyclic) bond motifs is 1. The molecule has 0 radical (unpaired) electrons. The normalized spacial score (nSPS) is 17.3. The number of benzene rings is 2. The Hall–Kier alpha value is -2.20. The molecular weight excluding hydrogens is 266 g/mol. The first-order chi connectivity index (χ1) is 10.2. The van der Waals surface area contributed by atoms with Crippen LogP contribution in [-0.4, -0.2) is 23.9 Å². The minimum absolute atomic E-state index is 0.132. The molecule has 0 saturated heterocycles. The summed E-state index contributed by atoms with van der Waals surface area (Å²) in [5, 5.41) is 23.0. The van der Waals surface area contributed by atoms with Gasteiger partial charge in [-0.1, -0.05) is 12.1 Å². The molecular formula is C17H19NO3. The van der Waals surface area contributed by atoms with Crippen LogP contribution in [0.3, 0.4) is 0 Å². The quantitative estimate of drug-likeness (QED) is 0.811. The summed E-state index contributed by atoms with van der Waals surface area (Å²) < 4.78 is 5.18. The van der Waals surface area contributed by atoms with E-state index < -0.39 is 0 Å². The number of methoxy groups -OCH3 is 1. The van der Waals surface area contributed by atoms with Crippen LogP contribution in [0.25, 0.3) is 0 Å². The van der Waals surface area contributed by atoms with Crippen LogP contribution in [-0.2, 0) is 12.8 Å². The zero-order chi connectivity index (χ0) is 14.8. The third kappa shape index (κ3) is 2.81. The molecule has 1 heterocycles. The summed E-state index contributed by atoms with van der Waals surface area (Å²) in [4.78, 5) is 0. The maximum absolute atomic E-state index is 10.0. The Balaban J connectivity index is 1.91. The Bertz CT molecular complexity index is 654. The van der Waals surface area contributed by atoms with Gasteiger partial charge in [-0.2, -0.15) is 0 Å². The average Bonchev–Trinajstić information content (AvgIpc) is 2.47. The van der Waals surface area contributed by atoms with Crippen LogP contribution >= 0.6 is 0 Å². The minimum Gasteiger partial charge on any atom is -0.508 e. The number of hydrogen-bond acceptors (Lipinski definition) is 4. The van der Waals surface area contributed by atoms with Gasteiger partial charge < -0.3 is 20.3 Å². The van der Waals surface area contributed by atoms with Crippen molar-refractivity contribution in [2.75, 3.05) is 13.7 Å². The third-order valence-electron chi connectivity index (χ3n) is 3.95. The van der Waals surface area contributed by atoms with Gasteiger partial charge in [0.2, 0.25) is 0 Å². The SMILES string of the molecule is COc1cc2c(cc1O)C(Cc1cccc(O)c1)NCC2. The van der Waals surface area contributed by atoms with E-state index in [-0.39, 0.29) is 17.5 Å². The van der Waals surface area contributed by atoms with Gasteiger partial charge in [0.15, 0.2) is 11.5 Å². The van der Waals surface area contributed by atoms with E-state index in [0.717, 1.165) is 30.5 Å². The number of ether oxygens (including phenoxy) is 1. The molecule has 4 nitrogen and oxygen atoms in total. The number of nitrogens with one attached hydrogen (secondary N) is 1. The first-order valence-electron chi connectivity index (χ1n) is 7.08. The maximum atomic E-state index is 10.0. The first-order valence-corrected chi connectivity index (χ1v) is 7.08. The van der Waals surface area contributed by atoms with Crippen molar-refractivity contribution < 1.29 is 14.9 Å². The van der Waals surface area contributed by atoms with Crippen LogP contribution in [0.4, 0.5) is 0 Å². The first kappa shape index (κ1) is 13.8. The van der Waals surface area contributed by atoms with Crippen LogP contribution in [0, 0.1) is 0 Å². The topological polar surface area (TPSA) is 61.7 Å². The van der Waals surface area contributed by atoms with Crippen LogP contribution in [0.1, 0.15) is 22.7 Å². The van der Waals surface area contributed by atoms with E-state index >= 15 is 0 Å². The van der Waals surface area contributed by atoms with Crippen molar-refractivity contribution in [1.29, 1.82) is 0 Å². The Morgan fingerprint density at radius 2 is 2.10 bits per heavy atom. The Labute approximate surface area is 124 Å². The second kappa shape index (κ2) is 5.66. The Morgan fingerprint density at radius 3 is 2.86 bits per heavy atom. The van der Waals surface area contributed by atoms with Crippen LogP contribution in [0.2, 0.25) is 0 Å². The van der Waals surface area contributed by atoms with Crippen molar-refractivity contribution in [2.24, 2.45) is 0 Å². The van der Waals surface area contributed by atoms with E-state index in [2.05, 4.69) is 5.32 Å². The highest BCUT2D eigenvalue weighted by Crippen LogP contribution is 2.35. The molecule has 0 aromatic heterocycles. The molecule has 1 unspecified atom stereocenters. The van der Waals surface area contributed by atoms with Gasteiger partial charge in [-0.15, -0.1) is 0 Å². The molecule has 0 saturated carbocycles. The van der Waals surface area contributed by atoms with Crippen LogP contribution in [0.15, 0.2) is 36.4 Å². The molecule has 2 aromatic rings. The molecule has 4 heteroatoms. The van der Waals surface area contributed by atoms with Gasteiger partial charge in [0.05, 0.1) is 7.11 Å². The molecule has 0 fully saturated rings. The summed E-state index contributed by atoms with van der Waals surface area (Å²) >= 11 is 0. The summed E-state index contributed by atoms with van der Waals surface area (Å²) in [6.07, 6.45) is 1.69. The van der Waals surface area contributed by atoms with E-state index in [1.165, 1.54) is 5.56 Å². The number of aromatic hydroxyl groups is 2. The lowest BCUT2D eigenvalue weighted by atomic mass is 9.90. The van der Waals surface area contributed by atoms with Crippen molar-refractivity contribution in [3.63, 3.8) is 0 Å². The Kier molecular flexibility index (Phi) is 3.71. The van der Waals surface area contributed by atoms with E-state index in [1.807, 2.05) is 18.2 Å². The van der Waals surface area contributed by atoms with Gasteiger partial charge in [0.25, 0.3) is 0 Å². The lowest BCUT2D eigenvalue weighted by molar-refractivity contribution is 0.370. The van der Waals surface area contributed by atoms with Crippen molar-refractivity contribution in [3.05, 3.63) is 53.1 Å². The highest BCUT2D eigenvalue weighted by atomic mass is 16.5. The molecule has 0 bridgehead atoms. The fraction of sp³-hybridized carbons (Fsp3) is 0.294. The lowest BCUT2D eigenvalue weighted by Gasteiger charge is -2.28. The monoisotopic (exact) mass is 285 g/mol. The predicted molar refractivity (Wildman–Crippen MR) is 80.9 cm³/mol. The van der Waals surface area contributed by atoms with E-state index in [9.17, 15) is 10.2 Å². The fourth-order valence-electron chi connectivity index (χ4n) is 2.92. The van der Waals surface area contributed by atoms with Gasteiger partial charge in [0.1, 0.15) is 5.75 Å². The number of phenolic OH excluding ortho intramolecular Hbond substituents is 2. The lowest BCUT2D eigenvalue weighted by Crippen LogP contribution is -2.31. The molecule has 0 amide bonds. The second-order valence-corrected chi connectivity index (χ2v) is 5.35. The van der Waals surface area contributed by atoms with Crippen molar-refractivity contribution in [1.82, 2.24) is 5.32 Å². The van der Waals surface area contributed by atoms with E-state index in [1.54, 1.807) is 25.3 Å². The summed E-state index contributed by atoms with van der Waals surface area (Å²) in [7, 11) is 1.56. The maximum Gasteiger partial charge on any atom is 0.160 e. The smallest absolute Gasteiger partial charge is 0.160 e.